The van der Waals surface area contributed by atoms with Crippen LogP contribution in [0.25, 0.3) is 0 Å². The van der Waals surface area contributed by atoms with Crippen molar-refractivity contribution >= 4 is 22.9 Å². The fourth-order valence-corrected chi connectivity index (χ4v) is 4.36. The van der Waals surface area contributed by atoms with Crippen molar-refractivity contribution < 1.29 is 19.2 Å². The summed E-state index contributed by atoms with van der Waals surface area (Å²) >= 11 is 1.70. The number of nitrogens with one attached hydrogen (secondary N) is 1. The first kappa shape index (κ1) is 20.1. The van der Waals surface area contributed by atoms with E-state index in [1.54, 1.807) is 18.3 Å². The van der Waals surface area contributed by atoms with Crippen LogP contribution in [0.4, 0.5) is 5.69 Å². The number of nitrogens with zero attached hydrogens (tertiary/aromatic N) is 2. The van der Waals surface area contributed by atoms with Crippen molar-refractivity contribution in [2.24, 2.45) is 0 Å². The third kappa shape index (κ3) is 4.41. The number of thiazole rings is 1. The monoisotopic (exact) mass is 405 g/mol. The van der Waals surface area contributed by atoms with E-state index in [4.69, 9.17) is 9.47 Å². The minimum absolute atomic E-state index is 0.0521. The molecule has 2 aromatic rings. The molecule has 3 rings (SSSR count). The van der Waals surface area contributed by atoms with E-state index in [1.165, 1.54) is 42.7 Å². The molecule has 1 heterocycles. The molecule has 1 aliphatic rings. The first-order valence-electron chi connectivity index (χ1n) is 9.28. The first-order chi connectivity index (χ1) is 13.5. The Kier molecular flexibility index (Phi) is 6.45. The molecule has 0 unspecified atom stereocenters. The highest BCUT2D eigenvalue weighted by molar-refractivity contribution is 7.11. The van der Waals surface area contributed by atoms with Gasteiger partial charge in [-0.15, -0.1) is 11.3 Å². The number of aryl methyl sites for hydroxylation is 2. The Morgan fingerprint density at radius 1 is 1.32 bits per heavy atom. The van der Waals surface area contributed by atoms with Crippen molar-refractivity contribution in [3.63, 3.8) is 0 Å². The molecule has 1 aromatic heterocycles. The average molecular weight is 405 g/mol. The zero-order chi connectivity index (χ0) is 20.1. The minimum Gasteiger partial charge on any atom is -0.493 e. The van der Waals surface area contributed by atoms with Gasteiger partial charge in [0.2, 0.25) is 0 Å². The zero-order valence-electron chi connectivity index (χ0n) is 15.9. The van der Waals surface area contributed by atoms with E-state index < -0.39 is 10.8 Å². The maximum Gasteiger partial charge on any atom is 0.286 e. The van der Waals surface area contributed by atoms with E-state index in [0.717, 1.165) is 17.8 Å². The maximum atomic E-state index is 12.6. The quantitative estimate of drug-likeness (QED) is 0.534. The lowest BCUT2D eigenvalue weighted by Crippen LogP contribution is -2.26. The normalized spacial score (nSPS) is 12.9. The van der Waals surface area contributed by atoms with Crippen LogP contribution in [0.5, 0.6) is 11.5 Å². The molecule has 0 fully saturated rings. The van der Waals surface area contributed by atoms with Crippen LogP contribution >= 0.6 is 11.3 Å². The highest BCUT2D eigenvalue weighted by Crippen LogP contribution is 2.34. The fourth-order valence-electron chi connectivity index (χ4n) is 3.20. The van der Waals surface area contributed by atoms with Gasteiger partial charge in [-0.2, -0.15) is 0 Å². The van der Waals surface area contributed by atoms with Crippen LogP contribution in [0.15, 0.2) is 12.1 Å². The number of methoxy groups -OCH3 is 1. The molecule has 0 bridgehead atoms. The van der Waals surface area contributed by atoms with Crippen LogP contribution in [-0.4, -0.2) is 36.1 Å². The van der Waals surface area contributed by atoms with Crippen LogP contribution in [0.1, 0.15) is 45.7 Å². The van der Waals surface area contributed by atoms with Gasteiger partial charge in [0, 0.05) is 23.9 Å². The van der Waals surface area contributed by atoms with E-state index >= 15 is 0 Å². The second-order valence-corrected chi connectivity index (χ2v) is 7.57. The van der Waals surface area contributed by atoms with Crippen molar-refractivity contribution in [2.45, 2.75) is 39.0 Å². The molecule has 28 heavy (non-hydrogen) atoms. The van der Waals surface area contributed by atoms with Gasteiger partial charge in [-0.25, -0.2) is 4.98 Å². The van der Waals surface area contributed by atoms with Gasteiger partial charge in [-0.1, -0.05) is 0 Å². The molecular weight excluding hydrogens is 382 g/mol. The smallest absolute Gasteiger partial charge is 0.286 e. The molecule has 0 aliphatic heterocycles. The van der Waals surface area contributed by atoms with Crippen LogP contribution in [-0.2, 0) is 19.3 Å². The highest BCUT2D eigenvalue weighted by Gasteiger charge is 2.24. The van der Waals surface area contributed by atoms with Gasteiger partial charge >= 0.3 is 0 Å². The van der Waals surface area contributed by atoms with E-state index in [0.29, 0.717) is 19.6 Å². The van der Waals surface area contributed by atoms with E-state index in [9.17, 15) is 14.9 Å². The highest BCUT2D eigenvalue weighted by atomic mass is 32.1. The number of nitro benzene ring substituents is 1. The summed E-state index contributed by atoms with van der Waals surface area (Å²) in [7, 11) is 1.43. The van der Waals surface area contributed by atoms with Gasteiger partial charge in [0.15, 0.2) is 11.5 Å². The minimum atomic E-state index is -0.592. The molecule has 0 saturated carbocycles. The molecule has 1 N–H and O–H groups in total. The average Bonchev–Trinajstić information content (AvgIpc) is 3.10. The van der Waals surface area contributed by atoms with Crippen LogP contribution < -0.4 is 14.8 Å². The van der Waals surface area contributed by atoms with Gasteiger partial charge in [-0.05, 0) is 32.6 Å². The molecule has 1 aromatic carbocycles. The Morgan fingerprint density at radius 3 is 2.79 bits per heavy atom. The number of nitro groups is 1. The number of carbonyl (C=O) groups is 1. The topological polar surface area (TPSA) is 104 Å². The third-order valence-electron chi connectivity index (χ3n) is 4.54. The summed E-state index contributed by atoms with van der Waals surface area (Å²) in [6, 6.07) is 2.58. The van der Waals surface area contributed by atoms with Gasteiger partial charge < -0.3 is 14.8 Å². The van der Waals surface area contributed by atoms with Crippen molar-refractivity contribution in [2.75, 3.05) is 20.3 Å². The summed E-state index contributed by atoms with van der Waals surface area (Å²) in [5.41, 5.74) is 0.819. The molecule has 0 atom stereocenters. The van der Waals surface area contributed by atoms with Crippen molar-refractivity contribution in [3.8, 4) is 11.5 Å². The number of aromatic nitrogens is 1. The molecule has 0 radical (unpaired) electrons. The molecule has 8 nitrogen and oxygen atoms in total. The number of rotatable bonds is 8. The Bertz CT molecular complexity index is 857. The number of ether oxygens (including phenoxy) is 2. The Morgan fingerprint density at radius 2 is 2.11 bits per heavy atom. The van der Waals surface area contributed by atoms with Gasteiger partial charge in [-0.3, -0.25) is 14.9 Å². The molecule has 1 amide bonds. The lowest BCUT2D eigenvalue weighted by molar-refractivity contribution is -0.385. The number of benzene rings is 1. The largest absolute Gasteiger partial charge is 0.493 e. The molecule has 0 saturated heterocycles. The summed E-state index contributed by atoms with van der Waals surface area (Å²) < 4.78 is 10.6. The lowest BCUT2D eigenvalue weighted by atomic mass is 10.0. The van der Waals surface area contributed by atoms with Crippen LogP contribution in [0.2, 0.25) is 0 Å². The standard InChI is InChI=1S/C19H23N3O5S/c1-3-27-16-11-14(22(24)25)12(10-15(16)26-2)19(23)20-9-8-18-21-13-6-4-5-7-17(13)28-18/h10-11H,3-9H2,1-2H3,(H,20,23). The third-order valence-corrected chi connectivity index (χ3v) is 5.75. The Hall–Kier alpha value is -2.68. The van der Waals surface area contributed by atoms with Crippen molar-refractivity contribution in [1.29, 1.82) is 0 Å². The first-order valence-corrected chi connectivity index (χ1v) is 10.1. The summed E-state index contributed by atoms with van der Waals surface area (Å²) in [5.74, 6) is 0.00110. The number of amides is 1. The van der Waals surface area contributed by atoms with Gasteiger partial charge in [0.05, 0.1) is 35.4 Å². The zero-order valence-corrected chi connectivity index (χ0v) is 16.8. The Balaban J connectivity index is 1.70. The molecule has 1 aliphatic carbocycles. The van der Waals surface area contributed by atoms with Crippen molar-refractivity contribution in [1.82, 2.24) is 10.3 Å². The van der Waals surface area contributed by atoms with E-state index in [1.807, 2.05) is 0 Å². The van der Waals surface area contributed by atoms with Crippen LogP contribution in [0, 0.1) is 10.1 Å². The van der Waals surface area contributed by atoms with Gasteiger partial charge in [0.25, 0.3) is 11.6 Å². The fraction of sp³-hybridized carbons (Fsp3) is 0.474. The maximum absolute atomic E-state index is 12.6. The Labute approximate surface area is 167 Å². The number of carbonyl (C=O) groups excluding carboxylic acids is 1. The summed E-state index contributed by atoms with van der Waals surface area (Å²) in [4.78, 5) is 29.4. The number of hydrogen-bond donors (Lipinski definition) is 1. The van der Waals surface area contributed by atoms with Crippen LogP contribution in [0.3, 0.4) is 0 Å². The van der Waals surface area contributed by atoms with Crippen molar-refractivity contribution in [3.05, 3.63) is 43.4 Å². The lowest BCUT2D eigenvalue weighted by Gasteiger charge is -2.12. The predicted octanol–water partition coefficient (Wildman–Crippen LogP) is 3.31. The summed E-state index contributed by atoms with van der Waals surface area (Å²) in [6.07, 6.45) is 5.09. The number of fused-ring (bicyclic) bond motifs is 1. The molecule has 150 valence electrons. The summed E-state index contributed by atoms with van der Waals surface area (Å²) in [6.45, 7) is 2.46. The molecular formula is C19H23N3O5S. The second-order valence-electron chi connectivity index (χ2n) is 6.40. The van der Waals surface area contributed by atoms with E-state index in [-0.39, 0.29) is 22.7 Å². The second kappa shape index (κ2) is 9.01. The van der Waals surface area contributed by atoms with Gasteiger partial charge in [0.1, 0.15) is 5.56 Å². The SMILES string of the molecule is CCOc1cc([N+](=O)[O-])c(C(=O)NCCc2nc3c(s2)CCCC3)cc1OC. The number of hydrogen-bond acceptors (Lipinski definition) is 7. The molecule has 9 heteroatoms. The summed E-state index contributed by atoms with van der Waals surface area (Å²) in [5, 5.41) is 15.2. The van der Waals surface area contributed by atoms with E-state index in [2.05, 4.69) is 10.3 Å². The molecule has 0 spiro atoms. The predicted molar refractivity (Wildman–Crippen MR) is 106 cm³/mol.